The number of pyridine rings is 1. The van der Waals surface area contributed by atoms with Crippen LogP contribution in [0.3, 0.4) is 0 Å². The zero-order chi connectivity index (χ0) is 25.7. The van der Waals surface area contributed by atoms with Gasteiger partial charge in [-0.25, -0.2) is 4.98 Å². The largest absolute Gasteiger partial charge is 0.367 e. The molecule has 1 saturated heterocycles. The maximum atomic E-state index is 12.7. The highest BCUT2D eigenvalue weighted by Gasteiger charge is 2.74. The molecule has 2 heterocycles. The number of rotatable bonds is 7. The molecule has 1 aliphatic heterocycles. The minimum absolute atomic E-state index is 0.0756. The molecule has 0 bridgehead atoms. The molecule has 1 aromatic carbocycles. The molecule has 2 N–H and O–H groups in total. The number of hydrogen-bond acceptors (Lipinski definition) is 7. The molecule has 0 spiro atoms. The predicted molar refractivity (Wildman–Crippen MR) is 146 cm³/mol. The van der Waals surface area contributed by atoms with Crippen LogP contribution in [0.2, 0.25) is 0 Å². The second kappa shape index (κ2) is 9.50. The molecule has 9 heteroatoms. The van der Waals surface area contributed by atoms with E-state index in [-0.39, 0.29) is 16.9 Å². The van der Waals surface area contributed by atoms with Gasteiger partial charge in [-0.05, 0) is 102 Å². The Morgan fingerprint density at radius 2 is 1.78 bits per heavy atom. The maximum absolute atomic E-state index is 12.7. The van der Waals surface area contributed by atoms with Crippen LogP contribution < -0.4 is 14.9 Å². The number of anilines is 2. The van der Waals surface area contributed by atoms with Gasteiger partial charge >= 0.3 is 0 Å². The van der Waals surface area contributed by atoms with Gasteiger partial charge in [-0.2, -0.15) is 0 Å². The summed E-state index contributed by atoms with van der Waals surface area (Å²) in [5.41, 5.74) is 3.17. The Morgan fingerprint density at radius 1 is 1.14 bits per heavy atom. The summed E-state index contributed by atoms with van der Waals surface area (Å²) >= 11 is 1.66. The van der Waals surface area contributed by atoms with Crippen LogP contribution in [-0.2, 0) is 9.59 Å². The first-order valence-corrected chi connectivity index (χ1v) is 13.7. The lowest BCUT2D eigenvalue weighted by Gasteiger charge is -2.35. The molecule has 2 amide bonds. The van der Waals surface area contributed by atoms with E-state index in [2.05, 4.69) is 40.1 Å². The molecule has 0 radical (unpaired) electrons. The van der Waals surface area contributed by atoms with Gasteiger partial charge in [0.2, 0.25) is 12.3 Å². The Bertz CT molecular complexity index is 1160. The fourth-order valence-corrected chi connectivity index (χ4v) is 5.53. The normalized spacial score (nSPS) is 25.1. The SMILES string of the molecule is CN(C)C.Cc1cc2c(N3CCN(C=O)CC3)cc(SNC3(C)CC3)cc2nc1NC(=O)C12CC1C2. The number of nitrogens with one attached hydrogen (secondary N) is 2. The minimum atomic E-state index is -0.0756. The first-order valence-electron chi connectivity index (χ1n) is 12.9. The van der Waals surface area contributed by atoms with Crippen LogP contribution in [0.1, 0.15) is 38.2 Å². The third-order valence-electron chi connectivity index (χ3n) is 7.66. The number of fused-ring (bicyclic) bond motifs is 2. The van der Waals surface area contributed by atoms with Crippen molar-refractivity contribution >= 4 is 46.7 Å². The molecular weight excluding hydrogens is 472 g/mol. The van der Waals surface area contributed by atoms with Gasteiger partial charge in [-0.1, -0.05) is 0 Å². The molecule has 36 heavy (non-hydrogen) atoms. The molecule has 0 unspecified atom stereocenters. The van der Waals surface area contributed by atoms with Gasteiger partial charge < -0.3 is 20.0 Å². The molecule has 2 aromatic rings. The number of aromatic nitrogens is 1. The Balaban J connectivity index is 0.000000623. The van der Waals surface area contributed by atoms with Crippen molar-refractivity contribution < 1.29 is 9.59 Å². The molecule has 8 nitrogen and oxygen atoms in total. The van der Waals surface area contributed by atoms with Crippen molar-refractivity contribution in [1.82, 2.24) is 19.5 Å². The minimum Gasteiger partial charge on any atom is -0.367 e. The number of piperazine rings is 1. The zero-order valence-corrected chi connectivity index (χ0v) is 22.9. The van der Waals surface area contributed by atoms with Gasteiger partial charge in [0.05, 0.1) is 10.9 Å². The Morgan fingerprint density at radius 3 is 2.33 bits per heavy atom. The van der Waals surface area contributed by atoms with E-state index in [1.54, 1.807) is 11.9 Å². The van der Waals surface area contributed by atoms with Crippen molar-refractivity contribution in [2.75, 3.05) is 57.5 Å². The van der Waals surface area contributed by atoms with Crippen molar-refractivity contribution in [1.29, 1.82) is 0 Å². The fourth-order valence-electron chi connectivity index (χ4n) is 4.62. The summed E-state index contributed by atoms with van der Waals surface area (Å²) in [5.74, 6) is 1.42. The summed E-state index contributed by atoms with van der Waals surface area (Å²) in [4.78, 5) is 36.0. The van der Waals surface area contributed by atoms with E-state index in [0.29, 0.717) is 11.7 Å². The van der Waals surface area contributed by atoms with E-state index in [1.807, 2.05) is 37.9 Å². The van der Waals surface area contributed by atoms with Crippen molar-refractivity contribution in [3.8, 4) is 0 Å². The predicted octanol–water partition coefficient (Wildman–Crippen LogP) is 3.50. The molecule has 3 saturated carbocycles. The lowest BCUT2D eigenvalue weighted by molar-refractivity contribution is -0.119. The van der Waals surface area contributed by atoms with E-state index in [4.69, 9.17) is 4.98 Å². The Labute approximate surface area is 218 Å². The summed E-state index contributed by atoms with van der Waals surface area (Å²) in [6, 6.07) is 6.51. The van der Waals surface area contributed by atoms with Crippen molar-refractivity contribution in [2.45, 2.75) is 50.0 Å². The molecule has 1 aromatic heterocycles. The number of carbonyl (C=O) groups excluding carboxylic acids is 2. The van der Waals surface area contributed by atoms with Crippen LogP contribution >= 0.6 is 11.9 Å². The van der Waals surface area contributed by atoms with Gasteiger partial charge in [0.1, 0.15) is 5.82 Å². The average Bonchev–Trinajstić information content (AvgIpc) is 3.74. The van der Waals surface area contributed by atoms with Crippen molar-refractivity contribution in [3.05, 3.63) is 23.8 Å². The van der Waals surface area contributed by atoms with Gasteiger partial charge in [-0.15, -0.1) is 0 Å². The highest BCUT2D eigenvalue weighted by Crippen LogP contribution is 2.75. The quantitative estimate of drug-likeness (QED) is 0.436. The topological polar surface area (TPSA) is 80.8 Å². The molecule has 4 fully saturated rings. The van der Waals surface area contributed by atoms with Gasteiger partial charge in [0, 0.05) is 47.7 Å². The third kappa shape index (κ3) is 5.33. The van der Waals surface area contributed by atoms with E-state index in [0.717, 1.165) is 72.5 Å². The molecule has 0 atom stereocenters. The highest BCUT2D eigenvalue weighted by molar-refractivity contribution is 7.97. The summed E-state index contributed by atoms with van der Waals surface area (Å²) in [7, 11) is 6.00. The van der Waals surface area contributed by atoms with Crippen molar-refractivity contribution in [2.24, 2.45) is 11.3 Å². The average molecular weight is 511 g/mol. The summed E-state index contributed by atoms with van der Waals surface area (Å²) < 4.78 is 3.60. The van der Waals surface area contributed by atoms with Gasteiger partial charge in [-0.3, -0.25) is 14.3 Å². The number of aryl methyl sites for hydroxylation is 1. The Hall–Kier alpha value is -2.36. The number of hydrogen-bond donors (Lipinski definition) is 2. The first-order chi connectivity index (χ1) is 17.1. The maximum Gasteiger partial charge on any atom is 0.232 e. The van der Waals surface area contributed by atoms with E-state index in [9.17, 15) is 9.59 Å². The number of carbonyl (C=O) groups is 2. The smallest absolute Gasteiger partial charge is 0.232 e. The molecular formula is C27H38N6O2S. The third-order valence-corrected chi connectivity index (χ3v) is 8.73. The second-order valence-electron chi connectivity index (χ2n) is 11.6. The highest BCUT2D eigenvalue weighted by atomic mass is 32.2. The van der Waals surface area contributed by atoms with E-state index in [1.165, 1.54) is 12.8 Å². The van der Waals surface area contributed by atoms with Crippen LogP contribution in [0.4, 0.5) is 11.5 Å². The monoisotopic (exact) mass is 510 g/mol. The number of nitrogens with zero attached hydrogens (tertiary/aromatic N) is 4. The molecule has 6 rings (SSSR count). The Kier molecular flexibility index (Phi) is 6.68. The van der Waals surface area contributed by atoms with Crippen LogP contribution in [0.15, 0.2) is 23.1 Å². The molecule has 194 valence electrons. The van der Waals surface area contributed by atoms with Crippen molar-refractivity contribution in [3.63, 3.8) is 0 Å². The molecule has 4 aliphatic rings. The zero-order valence-electron chi connectivity index (χ0n) is 22.1. The summed E-state index contributed by atoms with van der Waals surface area (Å²) in [6.07, 6.45) is 5.41. The van der Waals surface area contributed by atoms with Crippen LogP contribution in [0, 0.1) is 18.3 Å². The van der Waals surface area contributed by atoms with Gasteiger partial charge in [0.25, 0.3) is 0 Å². The lowest BCUT2D eigenvalue weighted by Crippen LogP contribution is -2.45. The summed E-state index contributed by atoms with van der Waals surface area (Å²) in [5, 5.41) is 4.21. The van der Waals surface area contributed by atoms with E-state index < -0.39 is 0 Å². The standard InChI is InChI=1S/C24H29N5O2S.C3H9N/c1-15-9-18-19(25-21(15)26-22(31)24-12-16(24)13-24)10-17(32-27-23(2)3-4-23)11-20(18)29-7-5-28(14-30)6-8-29;1-4(2)3/h9-11,14,16,27H,3-8,12-13H2,1-2H3,(H,25,26,31);1-3H3. The molecule has 3 aliphatic carbocycles. The van der Waals surface area contributed by atoms with Crippen LogP contribution in [0.25, 0.3) is 10.9 Å². The number of benzene rings is 1. The second-order valence-corrected chi connectivity index (χ2v) is 12.5. The van der Waals surface area contributed by atoms with Crippen LogP contribution in [-0.4, -0.2) is 80.0 Å². The number of amides is 2. The summed E-state index contributed by atoms with van der Waals surface area (Å²) in [6.45, 7) is 7.32. The first kappa shape index (κ1) is 25.3. The van der Waals surface area contributed by atoms with Crippen LogP contribution in [0.5, 0.6) is 0 Å². The lowest BCUT2D eigenvalue weighted by atomic mass is 10.1. The fraction of sp³-hybridized carbons (Fsp3) is 0.593. The van der Waals surface area contributed by atoms with E-state index >= 15 is 0 Å². The van der Waals surface area contributed by atoms with Gasteiger partial charge in [0.15, 0.2) is 0 Å².